The molecule has 1 heterocycles. The molecule has 0 saturated carbocycles. The summed E-state index contributed by atoms with van der Waals surface area (Å²) in [6.07, 6.45) is 9.98. The maximum atomic E-state index is 13.7. The molecule has 2 unspecified atom stereocenters. The van der Waals surface area contributed by atoms with E-state index in [1.807, 2.05) is 23.5 Å². The number of allylic oxidation sites excluding steroid dienone is 2. The molecule has 1 aromatic carbocycles. The predicted octanol–water partition coefficient (Wildman–Crippen LogP) is 5.58. The number of hydrogen-bond acceptors (Lipinski definition) is 2. The van der Waals surface area contributed by atoms with Crippen molar-refractivity contribution in [2.75, 3.05) is 24.4 Å². The summed E-state index contributed by atoms with van der Waals surface area (Å²) in [7, 11) is -0.712. The van der Waals surface area contributed by atoms with Gasteiger partial charge in [0.1, 0.15) is 0 Å². The maximum absolute atomic E-state index is 13.7. The standard InChI is InChI=1S/C23H33ClN2OS/c1-4-5-6-7-10-15-25-17-21-19-11-8-9-12-22(19)26(2)28(3,27)23-16-18(24)13-14-20(21)23/h8-9,11-12,16,21,25H,3-7,10,13-15,17H2,1-2H3. The van der Waals surface area contributed by atoms with Gasteiger partial charge in [-0.1, -0.05) is 62.4 Å². The van der Waals surface area contributed by atoms with E-state index < -0.39 is 9.71 Å². The summed E-state index contributed by atoms with van der Waals surface area (Å²) in [5.74, 6) is 4.34. The van der Waals surface area contributed by atoms with Crippen LogP contribution >= 0.6 is 11.6 Å². The number of rotatable bonds is 8. The molecule has 3 nitrogen and oxygen atoms in total. The predicted molar refractivity (Wildman–Crippen MR) is 125 cm³/mol. The van der Waals surface area contributed by atoms with Crippen LogP contribution in [0.1, 0.15) is 63.4 Å². The molecule has 0 fully saturated rings. The van der Waals surface area contributed by atoms with Gasteiger partial charge in [-0.15, -0.1) is 0 Å². The molecule has 154 valence electrons. The fraction of sp³-hybridized carbons (Fsp3) is 0.522. The Hall–Kier alpha value is -1.23. The molecule has 0 amide bonds. The number of anilines is 1. The first kappa shape index (κ1) is 21.5. The van der Waals surface area contributed by atoms with Crippen molar-refractivity contribution in [3.63, 3.8) is 0 Å². The summed E-state index contributed by atoms with van der Waals surface area (Å²) >= 11 is 6.35. The van der Waals surface area contributed by atoms with Crippen LogP contribution in [0.5, 0.6) is 0 Å². The van der Waals surface area contributed by atoms with E-state index in [4.69, 9.17) is 11.6 Å². The molecule has 2 aliphatic rings. The average Bonchev–Trinajstić information content (AvgIpc) is 2.75. The van der Waals surface area contributed by atoms with E-state index >= 15 is 0 Å². The number of hydrogen-bond donors (Lipinski definition) is 1. The molecule has 5 heteroatoms. The van der Waals surface area contributed by atoms with E-state index in [2.05, 4.69) is 36.3 Å². The monoisotopic (exact) mass is 420 g/mol. The topological polar surface area (TPSA) is 32.3 Å². The largest absolute Gasteiger partial charge is 0.316 e. The maximum Gasteiger partial charge on any atom is 0.0760 e. The van der Waals surface area contributed by atoms with Crippen molar-refractivity contribution in [2.45, 2.75) is 57.8 Å². The number of benzene rings is 1. The number of nitrogens with one attached hydrogen (secondary N) is 1. The first-order chi connectivity index (χ1) is 13.5. The van der Waals surface area contributed by atoms with Crippen LogP contribution in [0.4, 0.5) is 5.69 Å². The number of para-hydroxylation sites is 1. The fourth-order valence-corrected chi connectivity index (χ4v) is 6.25. The second-order valence-corrected chi connectivity index (χ2v) is 10.6. The van der Waals surface area contributed by atoms with Gasteiger partial charge in [-0.3, -0.25) is 4.31 Å². The number of unbranched alkanes of at least 4 members (excludes halogenated alkanes) is 4. The van der Waals surface area contributed by atoms with Crippen molar-refractivity contribution < 1.29 is 4.21 Å². The normalized spacial score (nSPS) is 24.5. The summed E-state index contributed by atoms with van der Waals surface area (Å²) in [6.45, 7) is 4.13. The zero-order valence-corrected chi connectivity index (χ0v) is 18.7. The van der Waals surface area contributed by atoms with Crippen LogP contribution in [0.3, 0.4) is 0 Å². The minimum atomic E-state index is -2.60. The smallest absolute Gasteiger partial charge is 0.0760 e. The lowest BCUT2D eigenvalue weighted by molar-refractivity contribution is 0.561. The SMILES string of the molecule is C=S1(=O)C2=C(CCC(Cl)=C2)C(CNCCCCCCC)c2ccccc2N1C. The summed E-state index contributed by atoms with van der Waals surface area (Å²) < 4.78 is 15.5. The third-order valence-electron chi connectivity index (χ3n) is 5.90. The van der Waals surface area contributed by atoms with Crippen molar-refractivity contribution in [3.8, 4) is 0 Å². The van der Waals surface area contributed by atoms with Gasteiger partial charge in [0.05, 0.1) is 20.3 Å². The zero-order chi connectivity index (χ0) is 20.1. The van der Waals surface area contributed by atoms with E-state index in [0.29, 0.717) is 0 Å². The molecule has 0 spiro atoms. The van der Waals surface area contributed by atoms with Crippen molar-refractivity contribution in [1.29, 1.82) is 0 Å². The molecule has 0 bridgehead atoms. The lowest BCUT2D eigenvalue weighted by atomic mass is 9.85. The second kappa shape index (κ2) is 9.51. The number of fused-ring (bicyclic) bond motifs is 1. The van der Waals surface area contributed by atoms with Crippen LogP contribution < -0.4 is 9.62 Å². The van der Waals surface area contributed by atoms with Gasteiger partial charge in [0.25, 0.3) is 0 Å². The van der Waals surface area contributed by atoms with Gasteiger partial charge < -0.3 is 5.32 Å². The molecule has 1 aliphatic heterocycles. The van der Waals surface area contributed by atoms with Crippen LogP contribution in [0.15, 0.2) is 45.9 Å². The number of nitrogens with zero attached hydrogens (tertiary/aromatic N) is 1. The first-order valence-electron chi connectivity index (χ1n) is 10.5. The molecule has 1 aliphatic carbocycles. The molecule has 0 saturated heterocycles. The Morgan fingerprint density at radius 1 is 1.21 bits per heavy atom. The van der Waals surface area contributed by atoms with Crippen molar-refractivity contribution in [1.82, 2.24) is 5.32 Å². The molecular formula is C23H33ClN2OS. The van der Waals surface area contributed by atoms with Crippen LogP contribution in [0, 0.1) is 0 Å². The van der Waals surface area contributed by atoms with E-state index in [-0.39, 0.29) is 5.92 Å². The quantitative estimate of drug-likeness (QED) is 0.439. The Morgan fingerprint density at radius 3 is 2.75 bits per heavy atom. The van der Waals surface area contributed by atoms with Gasteiger partial charge in [0, 0.05) is 24.5 Å². The summed E-state index contributed by atoms with van der Waals surface area (Å²) in [5.41, 5.74) is 3.48. The third kappa shape index (κ3) is 4.50. The second-order valence-electron chi connectivity index (χ2n) is 7.85. The van der Waals surface area contributed by atoms with Gasteiger partial charge in [-0.05, 0) is 55.0 Å². The molecule has 0 aromatic heterocycles. The van der Waals surface area contributed by atoms with Crippen LogP contribution in [-0.2, 0) is 9.71 Å². The zero-order valence-electron chi connectivity index (χ0n) is 17.2. The molecule has 2 atom stereocenters. The Bertz CT molecular complexity index is 857. The minimum absolute atomic E-state index is 0.204. The van der Waals surface area contributed by atoms with Gasteiger partial charge in [-0.25, -0.2) is 4.21 Å². The van der Waals surface area contributed by atoms with E-state index in [0.717, 1.165) is 41.6 Å². The molecular weight excluding hydrogens is 388 g/mol. The average molecular weight is 421 g/mol. The van der Waals surface area contributed by atoms with E-state index in [1.165, 1.54) is 43.2 Å². The Morgan fingerprint density at radius 2 is 1.96 bits per heavy atom. The summed E-state index contributed by atoms with van der Waals surface area (Å²) in [6, 6.07) is 8.31. The van der Waals surface area contributed by atoms with Crippen molar-refractivity contribution in [2.24, 2.45) is 0 Å². The molecule has 3 rings (SSSR count). The molecule has 1 N–H and O–H groups in total. The van der Waals surface area contributed by atoms with Crippen LogP contribution in [-0.4, -0.2) is 30.2 Å². The van der Waals surface area contributed by atoms with Gasteiger partial charge in [-0.2, -0.15) is 0 Å². The van der Waals surface area contributed by atoms with Gasteiger partial charge in [0.15, 0.2) is 0 Å². The fourth-order valence-electron chi connectivity index (χ4n) is 4.22. The summed E-state index contributed by atoms with van der Waals surface area (Å²) in [4.78, 5) is 0.831. The van der Waals surface area contributed by atoms with Crippen LogP contribution in [0.25, 0.3) is 0 Å². The highest BCUT2D eigenvalue weighted by atomic mass is 35.5. The molecule has 1 aromatic rings. The van der Waals surface area contributed by atoms with E-state index in [9.17, 15) is 4.21 Å². The number of halogens is 1. The first-order valence-corrected chi connectivity index (χ1v) is 12.5. The van der Waals surface area contributed by atoms with Gasteiger partial charge in [0.2, 0.25) is 0 Å². The Kier molecular flexibility index (Phi) is 7.30. The van der Waals surface area contributed by atoms with Crippen LogP contribution in [0.2, 0.25) is 0 Å². The molecule has 0 radical (unpaired) electrons. The lowest BCUT2D eigenvalue weighted by Gasteiger charge is -2.26. The highest BCUT2D eigenvalue weighted by Gasteiger charge is 2.34. The van der Waals surface area contributed by atoms with E-state index in [1.54, 1.807) is 0 Å². The highest BCUT2D eigenvalue weighted by molar-refractivity contribution is 8.05. The molecule has 28 heavy (non-hydrogen) atoms. The van der Waals surface area contributed by atoms with Gasteiger partial charge >= 0.3 is 0 Å². The Labute approximate surface area is 176 Å². The minimum Gasteiger partial charge on any atom is -0.316 e. The Balaban J connectivity index is 1.87. The third-order valence-corrected chi connectivity index (χ3v) is 8.35. The lowest BCUT2D eigenvalue weighted by Crippen LogP contribution is -2.27. The highest BCUT2D eigenvalue weighted by Crippen LogP contribution is 2.45. The van der Waals surface area contributed by atoms with Crippen molar-refractivity contribution >= 4 is 32.9 Å². The summed E-state index contributed by atoms with van der Waals surface area (Å²) in [5, 5.41) is 4.44. The van der Waals surface area contributed by atoms with Crippen molar-refractivity contribution in [3.05, 3.63) is 51.4 Å².